The molecular weight excluding hydrogens is 582 g/mol. The third-order valence-electron chi connectivity index (χ3n) is 6.96. The van der Waals surface area contributed by atoms with Crippen LogP contribution in [0.3, 0.4) is 0 Å². The Labute approximate surface area is 259 Å². The minimum absolute atomic E-state index is 0.0151. The van der Waals surface area contributed by atoms with Gasteiger partial charge >= 0.3 is 18.0 Å². The van der Waals surface area contributed by atoms with E-state index in [0.717, 1.165) is 10.5 Å². The van der Waals surface area contributed by atoms with Crippen molar-refractivity contribution < 1.29 is 43.0 Å². The maximum absolute atomic E-state index is 14.2. The van der Waals surface area contributed by atoms with Gasteiger partial charge < -0.3 is 14.2 Å². The fourth-order valence-corrected chi connectivity index (χ4v) is 4.64. The lowest BCUT2D eigenvalue weighted by Crippen LogP contribution is -2.60. The van der Waals surface area contributed by atoms with E-state index >= 15 is 0 Å². The summed E-state index contributed by atoms with van der Waals surface area (Å²) in [4.78, 5) is 80.1. The van der Waals surface area contributed by atoms with Crippen molar-refractivity contribution in [3.63, 3.8) is 0 Å². The standard InChI is InChI=1S/C33H33N3O9/c1-3-43-32(41)22(2)36(34-33(42)45-21-24-14-8-5-9-15-24)31(40)27(18-19-28(37)44-20-23-12-6-4-7-13-23)35-29(38)25-16-10-11-17-26(25)30(35)39/h4-17,22,27H,3,18-21H2,1-2H3,(H,34,42). The molecule has 1 aliphatic rings. The zero-order chi connectivity index (χ0) is 32.3. The molecule has 1 heterocycles. The number of amides is 4. The molecule has 3 aromatic rings. The molecule has 4 amide bonds. The number of hydrogen-bond donors (Lipinski definition) is 1. The number of carbonyl (C=O) groups excluding carboxylic acids is 6. The largest absolute Gasteiger partial charge is 0.464 e. The van der Waals surface area contributed by atoms with Crippen molar-refractivity contribution in [2.45, 2.75) is 52.0 Å². The molecule has 0 spiro atoms. The smallest absolute Gasteiger partial charge is 0.426 e. The molecule has 1 aliphatic heterocycles. The van der Waals surface area contributed by atoms with Crippen LogP contribution in [0.4, 0.5) is 4.79 Å². The second kappa shape index (κ2) is 15.3. The van der Waals surface area contributed by atoms with Gasteiger partial charge in [0.1, 0.15) is 25.3 Å². The molecule has 0 bridgehead atoms. The van der Waals surface area contributed by atoms with E-state index in [0.29, 0.717) is 10.6 Å². The van der Waals surface area contributed by atoms with E-state index in [4.69, 9.17) is 14.2 Å². The lowest BCUT2D eigenvalue weighted by molar-refractivity contribution is -0.158. The predicted octanol–water partition coefficient (Wildman–Crippen LogP) is 3.80. The Hall–Kier alpha value is -5.52. The van der Waals surface area contributed by atoms with E-state index in [1.807, 2.05) is 6.07 Å². The molecule has 0 aromatic heterocycles. The van der Waals surface area contributed by atoms with Crippen LogP contribution >= 0.6 is 0 Å². The van der Waals surface area contributed by atoms with Gasteiger partial charge in [-0.05, 0) is 43.5 Å². The van der Waals surface area contributed by atoms with Gasteiger partial charge in [0.25, 0.3) is 17.7 Å². The number of fused-ring (bicyclic) bond motifs is 1. The highest BCUT2D eigenvalue weighted by molar-refractivity contribution is 6.23. The fraction of sp³-hybridized carbons (Fsp3) is 0.273. The highest BCUT2D eigenvalue weighted by Gasteiger charge is 2.45. The number of nitrogens with one attached hydrogen (secondary N) is 1. The maximum Gasteiger partial charge on any atom is 0.426 e. The molecule has 0 radical (unpaired) electrons. The van der Waals surface area contributed by atoms with Crippen LogP contribution in [-0.2, 0) is 41.8 Å². The van der Waals surface area contributed by atoms with E-state index in [9.17, 15) is 28.8 Å². The van der Waals surface area contributed by atoms with Crippen LogP contribution in [0.25, 0.3) is 0 Å². The Bertz CT molecular complexity index is 1510. The Kier molecular flexibility index (Phi) is 11.0. The predicted molar refractivity (Wildman–Crippen MR) is 159 cm³/mol. The van der Waals surface area contributed by atoms with Crippen LogP contribution < -0.4 is 5.43 Å². The second-order valence-electron chi connectivity index (χ2n) is 10.0. The highest BCUT2D eigenvalue weighted by atomic mass is 16.6. The Balaban J connectivity index is 1.58. The minimum atomic E-state index is -1.60. The lowest BCUT2D eigenvalue weighted by Gasteiger charge is -2.33. The fourth-order valence-electron chi connectivity index (χ4n) is 4.64. The third kappa shape index (κ3) is 8.11. The molecular formula is C33H33N3O9. The lowest BCUT2D eigenvalue weighted by atomic mass is 10.1. The van der Waals surface area contributed by atoms with Crippen LogP contribution in [-0.4, -0.2) is 64.4 Å². The molecule has 0 saturated heterocycles. The number of imide groups is 1. The quantitative estimate of drug-likeness (QED) is 0.139. The van der Waals surface area contributed by atoms with Crippen LogP contribution in [0.5, 0.6) is 0 Å². The number of nitrogens with zero attached hydrogens (tertiary/aromatic N) is 2. The normalized spacial score (nSPS) is 13.3. The first-order valence-corrected chi connectivity index (χ1v) is 14.3. The summed E-state index contributed by atoms with van der Waals surface area (Å²) in [7, 11) is 0. The molecule has 0 fully saturated rings. The Morgan fingerprint density at radius 2 is 1.27 bits per heavy atom. The van der Waals surface area contributed by atoms with Gasteiger partial charge in [-0.3, -0.25) is 24.1 Å². The van der Waals surface area contributed by atoms with Crippen molar-refractivity contribution in [1.29, 1.82) is 0 Å². The minimum Gasteiger partial charge on any atom is -0.464 e. The Morgan fingerprint density at radius 3 is 1.80 bits per heavy atom. The summed E-state index contributed by atoms with van der Waals surface area (Å²) in [6.45, 7) is 2.70. The average molecular weight is 616 g/mol. The topological polar surface area (TPSA) is 149 Å². The maximum atomic E-state index is 14.2. The third-order valence-corrected chi connectivity index (χ3v) is 6.96. The van der Waals surface area contributed by atoms with E-state index in [2.05, 4.69) is 5.43 Å². The van der Waals surface area contributed by atoms with E-state index in [1.165, 1.54) is 19.1 Å². The number of rotatable bonds is 12. The summed E-state index contributed by atoms with van der Waals surface area (Å²) in [6, 6.07) is 20.7. The van der Waals surface area contributed by atoms with Crippen molar-refractivity contribution in [3.05, 3.63) is 107 Å². The van der Waals surface area contributed by atoms with Gasteiger partial charge in [-0.1, -0.05) is 72.8 Å². The number of ether oxygens (including phenoxy) is 3. The zero-order valence-electron chi connectivity index (χ0n) is 24.8. The number of hydrogen-bond acceptors (Lipinski definition) is 9. The molecule has 3 aromatic carbocycles. The second-order valence-corrected chi connectivity index (χ2v) is 10.0. The molecule has 0 aliphatic carbocycles. The molecule has 4 rings (SSSR count). The van der Waals surface area contributed by atoms with Crippen molar-refractivity contribution in [3.8, 4) is 0 Å². The number of carbonyl (C=O) groups is 6. The summed E-state index contributed by atoms with van der Waals surface area (Å²) in [5, 5.41) is 0.662. The van der Waals surface area contributed by atoms with E-state index < -0.39 is 47.8 Å². The Morgan fingerprint density at radius 1 is 0.756 bits per heavy atom. The van der Waals surface area contributed by atoms with Gasteiger partial charge in [-0.2, -0.15) is 0 Å². The van der Waals surface area contributed by atoms with E-state index in [1.54, 1.807) is 73.7 Å². The van der Waals surface area contributed by atoms with Gasteiger partial charge in [-0.15, -0.1) is 0 Å². The van der Waals surface area contributed by atoms with Crippen LogP contribution in [0, 0.1) is 0 Å². The SMILES string of the molecule is CCOC(=O)C(C)N(NC(=O)OCc1ccccc1)C(=O)C(CCC(=O)OCc1ccccc1)N1C(=O)c2ccccc2C1=O. The zero-order valence-corrected chi connectivity index (χ0v) is 24.8. The summed E-state index contributed by atoms with van der Waals surface area (Å²) < 4.78 is 15.7. The number of hydrazine groups is 1. The molecule has 2 atom stereocenters. The van der Waals surface area contributed by atoms with Crippen LogP contribution in [0.2, 0.25) is 0 Å². The van der Waals surface area contributed by atoms with Crippen molar-refractivity contribution in [2.24, 2.45) is 0 Å². The van der Waals surface area contributed by atoms with Crippen molar-refractivity contribution in [2.75, 3.05) is 6.61 Å². The number of esters is 2. The first-order valence-electron chi connectivity index (χ1n) is 14.3. The number of benzene rings is 3. The summed E-state index contributed by atoms with van der Waals surface area (Å²) in [5.41, 5.74) is 3.83. The summed E-state index contributed by atoms with van der Waals surface area (Å²) in [6.07, 6.45) is -1.80. The average Bonchev–Trinajstić information content (AvgIpc) is 3.31. The van der Waals surface area contributed by atoms with Crippen molar-refractivity contribution >= 4 is 35.8 Å². The van der Waals surface area contributed by atoms with Gasteiger partial charge in [0.15, 0.2) is 0 Å². The molecule has 45 heavy (non-hydrogen) atoms. The van der Waals surface area contributed by atoms with Crippen LogP contribution in [0.15, 0.2) is 84.9 Å². The monoisotopic (exact) mass is 615 g/mol. The molecule has 12 heteroatoms. The van der Waals surface area contributed by atoms with Crippen molar-refractivity contribution in [1.82, 2.24) is 15.3 Å². The first kappa shape index (κ1) is 32.4. The van der Waals surface area contributed by atoms with E-state index in [-0.39, 0.29) is 43.8 Å². The van der Waals surface area contributed by atoms with Gasteiger partial charge in [0, 0.05) is 6.42 Å². The van der Waals surface area contributed by atoms with Gasteiger partial charge in [-0.25, -0.2) is 20.0 Å². The molecule has 12 nitrogen and oxygen atoms in total. The molecule has 1 N–H and O–H groups in total. The van der Waals surface area contributed by atoms with Gasteiger partial charge in [0.05, 0.1) is 17.7 Å². The van der Waals surface area contributed by atoms with Crippen LogP contribution in [0.1, 0.15) is 58.5 Å². The molecule has 234 valence electrons. The molecule has 0 saturated carbocycles. The first-order chi connectivity index (χ1) is 21.7. The van der Waals surface area contributed by atoms with Gasteiger partial charge in [0.2, 0.25) is 0 Å². The summed E-state index contributed by atoms with van der Waals surface area (Å²) in [5.74, 6) is -4.09. The summed E-state index contributed by atoms with van der Waals surface area (Å²) >= 11 is 0. The highest BCUT2D eigenvalue weighted by Crippen LogP contribution is 2.27. The molecule has 2 unspecified atom stereocenters.